The van der Waals surface area contributed by atoms with Gasteiger partial charge in [0.2, 0.25) is 0 Å². The number of aromatic carboxylic acids is 1. The van der Waals surface area contributed by atoms with Crippen LogP contribution in [0.1, 0.15) is 16.1 Å². The maximum Gasteiger partial charge on any atom is 0.335 e. The normalized spacial score (nSPS) is 16.5. The molecule has 31 heavy (non-hydrogen) atoms. The van der Waals surface area contributed by atoms with Gasteiger partial charge in [0.15, 0.2) is 5.17 Å². The van der Waals surface area contributed by atoms with Crippen LogP contribution in [0.5, 0.6) is 0 Å². The minimum absolute atomic E-state index is 0.123. The van der Waals surface area contributed by atoms with Gasteiger partial charge >= 0.3 is 5.97 Å². The molecule has 1 N–H and O–H groups in total. The number of furan rings is 1. The molecule has 6 nitrogen and oxygen atoms in total. The van der Waals surface area contributed by atoms with Crippen LogP contribution in [0.15, 0.2) is 68.9 Å². The molecule has 0 bridgehead atoms. The number of hydrogen-bond donors (Lipinski definition) is 1. The van der Waals surface area contributed by atoms with Crippen molar-refractivity contribution in [3.8, 4) is 11.3 Å². The van der Waals surface area contributed by atoms with Crippen molar-refractivity contribution >= 4 is 63.8 Å². The van der Waals surface area contributed by atoms with E-state index in [9.17, 15) is 9.59 Å². The Morgan fingerprint density at radius 3 is 2.74 bits per heavy atom. The molecule has 1 aliphatic rings. The predicted octanol–water partition coefficient (Wildman–Crippen LogP) is 6.19. The van der Waals surface area contributed by atoms with E-state index in [1.165, 1.54) is 28.8 Å². The van der Waals surface area contributed by atoms with Crippen molar-refractivity contribution in [2.24, 2.45) is 4.99 Å². The molecule has 1 fully saturated rings. The van der Waals surface area contributed by atoms with Gasteiger partial charge in [0.25, 0.3) is 5.91 Å². The molecule has 9 heteroatoms. The fraction of sp³-hybridized carbons (Fsp3) is 0.0455. The van der Waals surface area contributed by atoms with Gasteiger partial charge in [-0.3, -0.25) is 9.69 Å². The summed E-state index contributed by atoms with van der Waals surface area (Å²) in [5.41, 5.74) is 1.22. The van der Waals surface area contributed by atoms with E-state index >= 15 is 0 Å². The van der Waals surface area contributed by atoms with Gasteiger partial charge in [0, 0.05) is 23.7 Å². The van der Waals surface area contributed by atoms with Crippen LogP contribution in [0.2, 0.25) is 10.0 Å². The number of benzene rings is 2. The molecule has 0 radical (unpaired) electrons. The molecule has 0 spiro atoms. The molecule has 1 aliphatic heterocycles. The number of amidine groups is 1. The topological polar surface area (TPSA) is 83.1 Å². The number of carboxylic acids is 1. The first-order chi connectivity index (χ1) is 14.8. The van der Waals surface area contributed by atoms with Crippen molar-refractivity contribution < 1.29 is 19.1 Å². The number of rotatable bonds is 4. The van der Waals surface area contributed by atoms with Crippen LogP contribution in [0.3, 0.4) is 0 Å². The molecular weight excluding hydrogens is 459 g/mol. The van der Waals surface area contributed by atoms with E-state index in [0.717, 1.165) is 0 Å². The number of carbonyl (C=O) groups is 2. The number of halogens is 2. The number of carbonyl (C=O) groups excluding carboxylic acids is 1. The summed E-state index contributed by atoms with van der Waals surface area (Å²) in [6.45, 7) is 0. The van der Waals surface area contributed by atoms with Gasteiger partial charge in [-0.2, -0.15) is 0 Å². The van der Waals surface area contributed by atoms with Gasteiger partial charge < -0.3 is 9.52 Å². The Balaban J connectivity index is 1.61. The number of carboxylic acid groups (broad SMARTS) is 1. The predicted molar refractivity (Wildman–Crippen MR) is 123 cm³/mol. The fourth-order valence-corrected chi connectivity index (χ4v) is 4.21. The SMILES string of the molecule is CN1C(=O)/C(=C\c2ccc(-c3cc(Cl)ccc3Cl)o2)SC1=Nc1cccc(C(=O)O)c1. The van der Waals surface area contributed by atoms with Gasteiger partial charge in [-0.05, 0) is 60.3 Å². The minimum Gasteiger partial charge on any atom is -0.478 e. The van der Waals surface area contributed by atoms with Gasteiger partial charge in [-0.15, -0.1) is 0 Å². The molecule has 0 atom stereocenters. The quantitative estimate of drug-likeness (QED) is 0.457. The minimum atomic E-state index is -1.04. The third kappa shape index (κ3) is 4.54. The standard InChI is InChI=1S/C22H14Cl2N2O4S/c1-26-20(27)19(31-22(26)25-14-4-2-3-12(9-14)21(28)29)11-15-6-8-18(30-15)16-10-13(23)5-7-17(16)24/h2-11H,1H3,(H,28,29)/b19-11+,25-22?. The van der Waals surface area contributed by atoms with Crippen molar-refractivity contribution in [1.29, 1.82) is 0 Å². The first-order valence-corrected chi connectivity index (χ1v) is 10.5. The summed E-state index contributed by atoms with van der Waals surface area (Å²) in [5, 5.41) is 10.6. The number of nitrogens with zero attached hydrogens (tertiary/aromatic N) is 2. The Morgan fingerprint density at radius 2 is 1.97 bits per heavy atom. The summed E-state index contributed by atoms with van der Waals surface area (Å²) in [4.78, 5) is 30.0. The molecular formula is C22H14Cl2N2O4S. The van der Waals surface area contributed by atoms with Crippen molar-refractivity contribution in [2.45, 2.75) is 0 Å². The Morgan fingerprint density at radius 1 is 1.16 bits per heavy atom. The maximum absolute atomic E-state index is 12.6. The van der Waals surface area contributed by atoms with Gasteiger partial charge in [0.1, 0.15) is 11.5 Å². The zero-order valence-corrected chi connectivity index (χ0v) is 18.3. The number of aliphatic imine (C=N–C) groups is 1. The molecule has 0 unspecified atom stereocenters. The molecule has 1 aromatic heterocycles. The lowest BCUT2D eigenvalue weighted by molar-refractivity contribution is -0.121. The molecule has 0 aliphatic carbocycles. The zero-order valence-electron chi connectivity index (χ0n) is 16.0. The average molecular weight is 473 g/mol. The molecule has 156 valence electrons. The Kier molecular flexibility index (Phi) is 5.91. The van der Waals surface area contributed by atoms with E-state index < -0.39 is 5.97 Å². The molecule has 2 aromatic carbocycles. The number of amides is 1. The highest BCUT2D eigenvalue weighted by Crippen LogP contribution is 2.36. The maximum atomic E-state index is 12.6. The number of thioether (sulfide) groups is 1. The number of hydrogen-bond acceptors (Lipinski definition) is 5. The third-order valence-corrected chi connectivity index (χ3v) is 6.04. The average Bonchev–Trinajstić information content (AvgIpc) is 3.31. The lowest BCUT2D eigenvalue weighted by atomic mass is 10.2. The molecule has 1 amide bonds. The summed E-state index contributed by atoms with van der Waals surface area (Å²) >= 11 is 13.4. The fourth-order valence-electron chi connectivity index (χ4n) is 2.86. The van der Waals surface area contributed by atoms with Crippen molar-refractivity contribution in [3.05, 3.63) is 80.9 Å². The second-order valence-electron chi connectivity index (χ2n) is 6.55. The van der Waals surface area contributed by atoms with E-state index in [1.54, 1.807) is 55.6 Å². The van der Waals surface area contributed by atoms with Crippen LogP contribution in [-0.4, -0.2) is 34.1 Å². The van der Waals surface area contributed by atoms with Gasteiger partial charge in [-0.1, -0.05) is 29.3 Å². The largest absolute Gasteiger partial charge is 0.478 e. The van der Waals surface area contributed by atoms with Crippen LogP contribution in [0, 0.1) is 0 Å². The monoisotopic (exact) mass is 472 g/mol. The second kappa shape index (κ2) is 8.63. The molecule has 3 aromatic rings. The highest BCUT2D eigenvalue weighted by atomic mass is 35.5. The Hall–Kier alpha value is -3.00. The molecule has 4 rings (SSSR count). The highest BCUT2D eigenvalue weighted by Gasteiger charge is 2.30. The van der Waals surface area contributed by atoms with Crippen LogP contribution in [-0.2, 0) is 4.79 Å². The highest BCUT2D eigenvalue weighted by molar-refractivity contribution is 8.18. The molecule has 0 saturated carbocycles. The van der Waals surface area contributed by atoms with Crippen molar-refractivity contribution in [2.75, 3.05) is 7.05 Å². The molecule has 2 heterocycles. The third-order valence-electron chi connectivity index (χ3n) is 4.42. The second-order valence-corrected chi connectivity index (χ2v) is 8.40. The van der Waals surface area contributed by atoms with Crippen molar-refractivity contribution in [1.82, 2.24) is 4.90 Å². The van der Waals surface area contributed by atoms with Gasteiger partial charge in [-0.25, -0.2) is 9.79 Å². The van der Waals surface area contributed by atoms with Crippen LogP contribution < -0.4 is 0 Å². The lowest BCUT2D eigenvalue weighted by Crippen LogP contribution is -2.23. The van der Waals surface area contributed by atoms with Crippen LogP contribution in [0.4, 0.5) is 5.69 Å². The van der Waals surface area contributed by atoms with E-state index in [1.807, 2.05) is 0 Å². The lowest BCUT2D eigenvalue weighted by Gasteiger charge is -2.07. The summed E-state index contributed by atoms with van der Waals surface area (Å²) in [7, 11) is 1.61. The summed E-state index contributed by atoms with van der Waals surface area (Å²) in [5.74, 6) is -0.275. The van der Waals surface area contributed by atoms with Crippen LogP contribution >= 0.6 is 35.0 Å². The number of likely N-dealkylation sites (N-methyl/N-ethyl adjacent to an activating group) is 1. The first-order valence-electron chi connectivity index (χ1n) is 8.97. The van der Waals surface area contributed by atoms with E-state index in [4.69, 9.17) is 32.7 Å². The first kappa shape index (κ1) is 21.2. The zero-order chi connectivity index (χ0) is 22.1. The van der Waals surface area contributed by atoms with E-state index in [-0.39, 0.29) is 11.5 Å². The van der Waals surface area contributed by atoms with Crippen LogP contribution in [0.25, 0.3) is 17.4 Å². The Labute approximate surface area is 191 Å². The van der Waals surface area contributed by atoms with Gasteiger partial charge in [0.05, 0.1) is 21.2 Å². The van der Waals surface area contributed by atoms with Crippen molar-refractivity contribution in [3.63, 3.8) is 0 Å². The molecule has 1 saturated heterocycles. The summed E-state index contributed by atoms with van der Waals surface area (Å²) in [6, 6.07) is 14.8. The summed E-state index contributed by atoms with van der Waals surface area (Å²) in [6.07, 6.45) is 1.63. The smallest absolute Gasteiger partial charge is 0.335 e. The summed E-state index contributed by atoms with van der Waals surface area (Å²) < 4.78 is 5.84. The van der Waals surface area contributed by atoms with E-state index in [0.29, 0.717) is 42.9 Å². The Bertz CT molecular complexity index is 1270. The van der Waals surface area contributed by atoms with E-state index in [2.05, 4.69) is 4.99 Å².